The molecule has 0 bridgehead atoms. The molecule has 0 aromatic carbocycles. The van der Waals surface area contributed by atoms with Crippen molar-refractivity contribution in [1.82, 2.24) is 9.88 Å². The minimum Gasteiger partial charge on any atom is -0.481 e. The molecular weight excluding hydrogens is 288 g/mol. The molecule has 2 rings (SSSR count). The highest BCUT2D eigenvalue weighted by Crippen LogP contribution is 2.42. The van der Waals surface area contributed by atoms with E-state index in [1.807, 2.05) is 5.38 Å². The van der Waals surface area contributed by atoms with Crippen molar-refractivity contribution < 1.29 is 14.7 Å². The lowest BCUT2D eigenvalue weighted by molar-refractivity contribution is -0.142. The van der Waals surface area contributed by atoms with E-state index in [0.29, 0.717) is 13.0 Å². The van der Waals surface area contributed by atoms with Crippen LogP contribution in [-0.4, -0.2) is 33.9 Å². The molecule has 1 amide bonds. The summed E-state index contributed by atoms with van der Waals surface area (Å²) in [5.41, 5.74) is 2.28. The van der Waals surface area contributed by atoms with Crippen molar-refractivity contribution in [1.29, 1.82) is 0 Å². The smallest absolute Gasteiger partial charge is 0.303 e. The van der Waals surface area contributed by atoms with Crippen molar-refractivity contribution >= 4 is 23.2 Å². The predicted molar refractivity (Wildman–Crippen MR) is 81.0 cm³/mol. The van der Waals surface area contributed by atoms with Crippen LogP contribution in [-0.2, 0) is 16.1 Å². The average molecular weight is 310 g/mol. The molecule has 1 heterocycles. The van der Waals surface area contributed by atoms with E-state index in [0.717, 1.165) is 37.8 Å². The van der Waals surface area contributed by atoms with Crippen molar-refractivity contribution in [2.45, 2.75) is 51.5 Å². The molecule has 1 saturated carbocycles. The Bertz CT molecular complexity index is 481. The maximum absolute atomic E-state index is 12.4. The molecule has 0 atom stereocenters. The fourth-order valence-electron chi connectivity index (χ4n) is 3.14. The van der Waals surface area contributed by atoms with Crippen molar-refractivity contribution in [2.75, 3.05) is 7.05 Å². The highest BCUT2D eigenvalue weighted by Gasteiger charge is 2.37. The number of carbonyl (C=O) groups is 2. The number of hydrogen-bond donors (Lipinski definition) is 1. The van der Waals surface area contributed by atoms with Gasteiger partial charge in [-0.3, -0.25) is 9.59 Å². The number of aromatic nitrogens is 1. The van der Waals surface area contributed by atoms with Gasteiger partial charge < -0.3 is 10.0 Å². The van der Waals surface area contributed by atoms with Gasteiger partial charge in [0.2, 0.25) is 5.91 Å². The number of nitrogens with zero attached hydrogens (tertiary/aromatic N) is 2. The summed E-state index contributed by atoms with van der Waals surface area (Å²) in [5.74, 6) is -0.780. The van der Waals surface area contributed by atoms with Crippen LogP contribution in [0, 0.1) is 5.41 Å². The summed E-state index contributed by atoms with van der Waals surface area (Å²) in [6.07, 6.45) is 5.31. The molecule has 0 unspecified atom stereocenters. The number of thiazole rings is 1. The number of carboxylic acid groups (broad SMARTS) is 1. The lowest BCUT2D eigenvalue weighted by Crippen LogP contribution is -2.36. The molecule has 21 heavy (non-hydrogen) atoms. The molecule has 1 fully saturated rings. The van der Waals surface area contributed by atoms with Crippen LogP contribution in [0.4, 0.5) is 0 Å². The van der Waals surface area contributed by atoms with Gasteiger partial charge in [-0.1, -0.05) is 19.3 Å². The largest absolute Gasteiger partial charge is 0.481 e. The van der Waals surface area contributed by atoms with Crippen LogP contribution >= 0.6 is 11.3 Å². The summed E-state index contributed by atoms with van der Waals surface area (Å²) in [4.78, 5) is 29.4. The summed E-state index contributed by atoms with van der Waals surface area (Å²) >= 11 is 1.51. The van der Waals surface area contributed by atoms with Crippen LogP contribution in [0.15, 0.2) is 10.9 Å². The Hall–Kier alpha value is -1.43. The summed E-state index contributed by atoms with van der Waals surface area (Å²) in [6, 6.07) is 0. The second-order valence-corrected chi connectivity index (χ2v) is 6.76. The van der Waals surface area contributed by atoms with E-state index in [9.17, 15) is 9.59 Å². The zero-order chi connectivity index (χ0) is 15.3. The number of amides is 1. The maximum Gasteiger partial charge on any atom is 0.303 e. The molecule has 1 aromatic rings. The van der Waals surface area contributed by atoms with E-state index in [1.54, 1.807) is 17.5 Å². The van der Waals surface area contributed by atoms with Gasteiger partial charge in [0, 0.05) is 18.8 Å². The van der Waals surface area contributed by atoms with Gasteiger partial charge in [0.05, 0.1) is 24.2 Å². The van der Waals surface area contributed by atoms with E-state index in [1.165, 1.54) is 11.3 Å². The zero-order valence-electron chi connectivity index (χ0n) is 12.4. The van der Waals surface area contributed by atoms with E-state index in [-0.39, 0.29) is 17.7 Å². The molecular formula is C15H22N2O3S. The lowest BCUT2D eigenvalue weighted by atomic mass is 9.69. The molecule has 0 radical (unpaired) electrons. The third-order valence-electron chi connectivity index (χ3n) is 4.28. The fourth-order valence-corrected chi connectivity index (χ4v) is 3.69. The fraction of sp³-hybridized carbons (Fsp3) is 0.667. The first-order valence-corrected chi connectivity index (χ1v) is 8.28. The van der Waals surface area contributed by atoms with Gasteiger partial charge in [0.15, 0.2) is 0 Å². The maximum atomic E-state index is 12.4. The van der Waals surface area contributed by atoms with Gasteiger partial charge in [-0.25, -0.2) is 4.98 Å². The normalized spacial score (nSPS) is 17.4. The Morgan fingerprint density at radius 3 is 2.62 bits per heavy atom. The van der Waals surface area contributed by atoms with Crippen LogP contribution in [0.25, 0.3) is 0 Å². The van der Waals surface area contributed by atoms with Gasteiger partial charge in [0.25, 0.3) is 0 Å². The third kappa shape index (κ3) is 4.52. The van der Waals surface area contributed by atoms with Gasteiger partial charge >= 0.3 is 5.97 Å². The zero-order valence-corrected chi connectivity index (χ0v) is 13.2. The SMILES string of the molecule is CN(Cc1cscn1)C(=O)CC1(CC(=O)O)CCCCC1. The summed E-state index contributed by atoms with van der Waals surface area (Å²) in [5, 5.41) is 11.1. The van der Waals surface area contributed by atoms with E-state index in [4.69, 9.17) is 5.11 Å². The molecule has 5 nitrogen and oxygen atoms in total. The molecule has 0 saturated heterocycles. The predicted octanol–water partition coefficient (Wildman–Crippen LogP) is 2.92. The van der Waals surface area contributed by atoms with Gasteiger partial charge in [0.1, 0.15) is 0 Å². The first kappa shape index (κ1) is 15.9. The summed E-state index contributed by atoms with van der Waals surface area (Å²) in [6.45, 7) is 0.492. The van der Waals surface area contributed by atoms with Crippen LogP contribution in [0.2, 0.25) is 0 Å². The number of aliphatic carboxylic acids is 1. The minimum absolute atomic E-state index is 0.0196. The Labute approximate surface area is 129 Å². The van der Waals surface area contributed by atoms with Crippen LogP contribution in [0.1, 0.15) is 50.6 Å². The highest BCUT2D eigenvalue weighted by molar-refractivity contribution is 7.07. The van der Waals surface area contributed by atoms with Gasteiger partial charge in [-0.15, -0.1) is 11.3 Å². The van der Waals surface area contributed by atoms with Crippen LogP contribution in [0.5, 0.6) is 0 Å². The van der Waals surface area contributed by atoms with Crippen LogP contribution < -0.4 is 0 Å². The quantitative estimate of drug-likeness (QED) is 0.877. The first-order valence-electron chi connectivity index (χ1n) is 7.34. The molecule has 0 aliphatic heterocycles. The van der Waals surface area contributed by atoms with E-state index in [2.05, 4.69) is 4.98 Å². The number of carboxylic acids is 1. The molecule has 0 spiro atoms. The topological polar surface area (TPSA) is 70.5 Å². The number of hydrogen-bond acceptors (Lipinski definition) is 4. The van der Waals surface area contributed by atoms with Gasteiger partial charge in [-0.05, 0) is 18.3 Å². The first-order chi connectivity index (χ1) is 10.0. The molecule has 1 N–H and O–H groups in total. The molecule has 6 heteroatoms. The van der Waals surface area contributed by atoms with Crippen molar-refractivity contribution in [3.63, 3.8) is 0 Å². The van der Waals surface area contributed by atoms with Gasteiger partial charge in [-0.2, -0.15) is 0 Å². The highest BCUT2D eigenvalue weighted by atomic mass is 32.1. The minimum atomic E-state index is -0.799. The Morgan fingerprint density at radius 1 is 1.33 bits per heavy atom. The Balaban J connectivity index is 1.98. The molecule has 116 valence electrons. The van der Waals surface area contributed by atoms with Crippen molar-refractivity contribution in [2.24, 2.45) is 5.41 Å². The number of rotatable bonds is 6. The second kappa shape index (κ2) is 7.02. The summed E-state index contributed by atoms with van der Waals surface area (Å²) < 4.78 is 0. The molecule has 1 aromatic heterocycles. The second-order valence-electron chi connectivity index (χ2n) is 6.04. The number of carbonyl (C=O) groups excluding carboxylic acids is 1. The molecule has 1 aliphatic carbocycles. The van der Waals surface area contributed by atoms with Crippen molar-refractivity contribution in [3.05, 3.63) is 16.6 Å². The van der Waals surface area contributed by atoms with E-state index < -0.39 is 5.97 Å². The van der Waals surface area contributed by atoms with E-state index >= 15 is 0 Å². The lowest BCUT2D eigenvalue weighted by Gasteiger charge is -2.36. The summed E-state index contributed by atoms with van der Waals surface area (Å²) in [7, 11) is 1.76. The molecule has 1 aliphatic rings. The standard InChI is InChI=1S/C15H22N2O3S/c1-17(9-12-10-21-11-16-12)13(18)7-15(8-14(19)20)5-3-2-4-6-15/h10-11H,2-9H2,1H3,(H,19,20). The average Bonchev–Trinajstić information content (AvgIpc) is 2.91. The Morgan fingerprint density at radius 2 is 2.05 bits per heavy atom. The third-order valence-corrected chi connectivity index (χ3v) is 4.91. The Kier molecular flexibility index (Phi) is 5.33. The van der Waals surface area contributed by atoms with Crippen LogP contribution in [0.3, 0.4) is 0 Å². The van der Waals surface area contributed by atoms with Crippen molar-refractivity contribution in [3.8, 4) is 0 Å². The monoisotopic (exact) mass is 310 g/mol.